The molecule has 1 unspecified atom stereocenters. The number of amides is 1. The molecule has 1 aliphatic heterocycles. The number of hydrogen-bond acceptors (Lipinski definition) is 2. The molecule has 1 atom stereocenters. The van der Waals surface area contributed by atoms with Crippen molar-refractivity contribution in [3.05, 3.63) is 11.6 Å². The zero-order valence-corrected chi connectivity index (χ0v) is 8.92. The Morgan fingerprint density at radius 3 is 2.71 bits per heavy atom. The Balaban J connectivity index is 2.53. The molecule has 0 aromatic rings. The highest BCUT2D eigenvalue weighted by atomic mass is 16.1. The first-order valence-electron chi connectivity index (χ1n) is 4.94. The molecule has 0 radical (unpaired) electrons. The lowest BCUT2D eigenvalue weighted by molar-refractivity contribution is -0.125. The third kappa shape index (κ3) is 0.982. The van der Waals surface area contributed by atoms with Crippen LogP contribution in [0.3, 0.4) is 0 Å². The summed E-state index contributed by atoms with van der Waals surface area (Å²) < 4.78 is 0. The minimum absolute atomic E-state index is 0.00782. The van der Waals surface area contributed by atoms with Crippen molar-refractivity contribution < 1.29 is 4.79 Å². The average Bonchev–Trinajstić information content (AvgIpc) is 2.55. The molecule has 3 nitrogen and oxygen atoms in total. The number of carbonyl (C=O) groups is 1. The van der Waals surface area contributed by atoms with Crippen molar-refractivity contribution in [3.8, 4) is 0 Å². The Morgan fingerprint density at radius 1 is 1.50 bits per heavy atom. The summed E-state index contributed by atoms with van der Waals surface area (Å²) in [6, 6.07) is 0. The van der Waals surface area contributed by atoms with Gasteiger partial charge in [-0.1, -0.05) is 19.9 Å². The van der Waals surface area contributed by atoms with Crippen LogP contribution in [0.4, 0.5) is 0 Å². The topological polar surface area (TPSA) is 55.5 Å². The van der Waals surface area contributed by atoms with Gasteiger partial charge >= 0.3 is 0 Å². The molecule has 0 aromatic heterocycles. The molecule has 2 aliphatic rings. The van der Waals surface area contributed by atoms with Crippen molar-refractivity contribution in [2.45, 2.75) is 27.2 Å². The van der Waals surface area contributed by atoms with Gasteiger partial charge in [-0.15, -0.1) is 0 Å². The summed E-state index contributed by atoms with van der Waals surface area (Å²) >= 11 is 0. The van der Waals surface area contributed by atoms with Crippen molar-refractivity contribution in [1.82, 2.24) is 0 Å². The molecule has 0 bridgehead atoms. The van der Waals surface area contributed by atoms with E-state index in [4.69, 9.17) is 5.73 Å². The molecule has 0 spiro atoms. The Kier molecular flexibility index (Phi) is 1.66. The predicted octanol–water partition coefficient (Wildman–Crippen LogP) is 1.29. The normalized spacial score (nSPS) is 33.6. The maximum absolute atomic E-state index is 11.5. The molecule has 0 saturated heterocycles. The maximum Gasteiger partial charge on any atom is 0.227 e. The van der Waals surface area contributed by atoms with Crippen LogP contribution in [0.15, 0.2) is 16.6 Å². The second-order valence-electron chi connectivity index (χ2n) is 5.06. The highest BCUT2D eigenvalue weighted by Crippen LogP contribution is 2.51. The fraction of sp³-hybridized carbons (Fsp3) is 0.636. The molecule has 2 N–H and O–H groups in total. The number of aliphatic imine (C=N–C) groups is 1. The number of nitrogens with two attached hydrogens (primary N) is 1. The Labute approximate surface area is 84.1 Å². The second kappa shape index (κ2) is 2.47. The van der Waals surface area contributed by atoms with Gasteiger partial charge in [-0.2, -0.15) is 0 Å². The number of nitrogens with zero attached hydrogens (tertiary/aromatic N) is 1. The van der Waals surface area contributed by atoms with Crippen molar-refractivity contribution >= 4 is 11.6 Å². The zero-order valence-electron chi connectivity index (χ0n) is 8.92. The standard InChI is InChI=1S/C11H16N2O/c1-10(2)6-11(3,9(12)14)7-4-5-13-8(7)10/h4H,5-6H2,1-3H3,(H2,12,14). The van der Waals surface area contributed by atoms with Crippen LogP contribution < -0.4 is 5.73 Å². The fourth-order valence-corrected chi connectivity index (χ4v) is 2.76. The number of primary amides is 1. The van der Waals surface area contributed by atoms with Crippen molar-refractivity contribution in [2.75, 3.05) is 6.54 Å². The first-order chi connectivity index (χ1) is 6.38. The predicted molar refractivity (Wildman–Crippen MR) is 56.1 cm³/mol. The molecule has 76 valence electrons. The molecule has 2 rings (SSSR count). The minimum atomic E-state index is -0.501. The Bertz CT molecular complexity index is 365. The Morgan fingerprint density at radius 2 is 2.14 bits per heavy atom. The molecule has 1 saturated carbocycles. The first-order valence-corrected chi connectivity index (χ1v) is 4.94. The van der Waals surface area contributed by atoms with Gasteiger partial charge in [-0.25, -0.2) is 0 Å². The van der Waals surface area contributed by atoms with Crippen molar-refractivity contribution in [2.24, 2.45) is 21.6 Å². The van der Waals surface area contributed by atoms with Crippen LogP contribution in [0.25, 0.3) is 0 Å². The van der Waals surface area contributed by atoms with Crippen molar-refractivity contribution in [1.29, 1.82) is 0 Å². The molecule has 1 aliphatic carbocycles. The number of fused-ring (bicyclic) bond motifs is 1. The SMILES string of the molecule is CC1(C)CC(C)(C(N)=O)C2=CCN=C21. The second-order valence-corrected chi connectivity index (χ2v) is 5.06. The molecule has 1 amide bonds. The maximum atomic E-state index is 11.5. The number of rotatable bonds is 1. The summed E-state index contributed by atoms with van der Waals surface area (Å²) in [6.07, 6.45) is 2.81. The van der Waals surface area contributed by atoms with Gasteiger partial charge in [-0.05, 0) is 18.9 Å². The summed E-state index contributed by atoms with van der Waals surface area (Å²) in [7, 11) is 0. The number of hydrogen-bond donors (Lipinski definition) is 1. The van der Waals surface area contributed by atoms with Crippen LogP contribution in [-0.4, -0.2) is 18.2 Å². The average molecular weight is 192 g/mol. The van der Waals surface area contributed by atoms with E-state index in [2.05, 4.69) is 18.8 Å². The van der Waals surface area contributed by atoms with E-state index >= 15 is 0 Å². The lowest BCUT2D eigenvalue weighted by Crippen LogP contribution is -2.34. The molecule has 3 heteroatoms. The van der Waals surface area contributed by atoms with Gasteiger partial charge in [0.1, 0.15) is 0 Å². The molecule has 1 fully saturated rings. The van der Waals surface area contributed by atoms with E-state index in [-0.39, 0.29) is 11.3 Å². The highest BCUT2D eigenvalue weighted by Gasteiger charge is 2.52. The Hall–Kier alpha value is -1.12. The number of carbonyl (C=O) groups excluding carboxylic acids is 1. The van der Waals surface area contributed by atoms with Crippen LogP contribution in [0.1, 0.15) is 27.2 Å². The lowest BCUT2D eigenvalue weighted by atomic mass is 9.81. The molecule has 14 heavy (non-hydrogen) atoms. The van der Waals surface area contributed by atoms with Crippen molar-refractivity contribution in [3.63, 3.8) is 0 Å². The van der Waals surface area contributed by atoms with E-state index < -0.39 is 5.41 Å². The van der Waals surface area contributed by atoms with Crippen LogP contribution >= 0.6 is 0 Å². The van der Waals surface area contributed by atoms with E-state index in [0.29, 0.717) is 6.54 Å². The third-order valence-corrected chi connectivity index (χ3v) is 3.37. The summed E-state index contributed by atoms with van der Waals surface area (Å²) in [5, 5.41) is 0. The van der Waals surface area contributed by atoms with E-state index in [9.17, 15) is 4.79 Å². The lowest BCUT2D eigenvalue weighted by Gasteiger charge is -2.22. The molecule has 0 aromatic carbocycles. The van der Waals surface area contributed by atoms with E-state index in [1.165, 1.54) is 0 Å². The van der Waals surface area contributed by atoms with Crippen LogP contribution in [-0.2, 0) is 4.79 Å². The summed E-state index contributed by atoms with van der Waals surface area (Å²) in [4.78, 5) is 15.9. The minimum Gasteiger partial charge on any atom is -0.369 e. The molecule has 1 heterocycles. The molecular formula is C11H16N2O. The van der Waals surface area contributed by atoms with E-state index in [0.717, 1.165) is 17.7 Å². The largest absolute Gasteiger partial charge is 0.369 e. The smallest absolute Gasteiger partial charge is 0.227 e. The van der Waals surface area contributed by atoms with Gasteiger partial charge in [-0.3, -0.25) is 9.79 Å². The summed E-state index contributed by atoms with van der Waals surface area (Å²) in [6.45, 7) is 6.88. The summed E-state index contributed by atoms with van der Waals surface area (Å²) in [5.41, 5.74) is 7.11. The van der Waals surface area contributed by atoms with Gasteiger partial charge < -0.3 is 5.73 Å². The van der Waals surface area contributed by atoms with E-state index in [1.54, 1.807) is 0 Å². The van der Waals surface area contributed by atoms with Gasteiger partial charge in [0, 0.05) is 11.1 Å². The quantitative estimate of drug-likeness (QED) is 0.668. The zero-order chi connectivity index (χ0) is 10.6. The first kappa shape index (κ1) is 9.44. The van der Waals surface area contributed by atoms with Crippen LogP contribution in [0.2, 0.25) is 0 Å². The van der Waals surface area contributed by atoms with Crippen LogP contribution in [0, 0.1) is 10.8 Å². The van der Waals surface area contributed by atoms with Gasteiger partial charge in [0.15, 0.2) is 0 Å². The summed E-state index contributed by atoms with van der Waals surface area (Å²) in [5.74, 6) is -0.232. The van der Waals surface area contributed by atoms with E-state index in [1.807, 2.05) is 13.0 Å². The third-order valence-electron chi connectivity index (χ3n) is 3.37. The molecular weight excluding hydrogens is 176 g/mol. The van der Waals surface area contributed by atoms with Crippen LogP contribution in [0.5, 0.6) is 0 Å². The van der Waals surface area contributed by atoms with Gasteiger partial charge in [0.05, 0.1) is 12.0 Å². The van der Waals surface area contributed by atoms with Gasteiger partial charge in [0.2, 0.25) is 5.91 Å². The van der Waals surface area contributed by atoms with Gasteiger partial charge in [0.25, 0.3) is 0 Å². The highest BCUT2D eigenvalue weighted by molar-refractivity contribution is 6.13. The monoisotopic (exact) mass is 192 g/mol. The fourth-order valence-electron chi connectivity index (χ4n) is 2.76.